The number of thioether (sulfide) groups is 1. The molecular weight excluding hydrogens is 386 g/mol. The lowest BCUT2D eigenvalue weighted by molar-refractivity contribution is -0.138. The predicted molar refractivity (Wildman–Crippen MR) is 115 cm³/mol. The predicted octanol–water partition coefficient (Wildman–Crippen LogP) is 1.81. The largest absolute Gasteiger partial charge is 0.338 e. The molecule has 1 aromatic carbocycles. The molecule has 0 radical (unpaired) electrons. The molecule has 3 rings (SSSR count). The molecule has 156 valence electrons. The molecule has 2 amide bonds. The summed E-state index contributed by atoms with van der Waals surface area (Å²) in [4.78, 5) is 34.8. The maximum atomic E-state index is 12.7. The highest BCUT2D eigenvalue weighted by Crippen LogP contribution is 2.24. The summed E-state index contributed by atoms with van der Waals surface area (Å²) in [5, 5.41) is 0.812. The van der Waals surface area contributed by atoms with E-state index in [0.29, 0.717) is 38.5 Å². The van der Waals surface area contributed by atoms with Crippen molar-refractivity contribution in [1.82, 2.24) is 24.3 Å². The maximum Gasteiger partial charge on any atom is 0.236 e. The van der Waals surface area contributed by atoms with Gasteiger partial charge in [0, 0.05) is 38.6 Å². The zero-order chi connectivity index (χ0) is 21.0. The van der Waals surface area contributed by atoms with Crippen LogP contribution in [0.25, 0.3) is 5.69 Å². The third kappa shape index (κ3) is 5.19. The van der Waals surface area contributed by atoms with E-state index in [1.165, 1.54) is 22.9 Å². The average molecular weight is 416 g/mol. The van der Waals surface area contributed by atoms with Gasteiger partial charge in [0.2, 0.25) is 11.8 Å². The van der Waals surface area contributed by atoms with E-state index in [0.717, 1.165) is 10.8 Å². The molecule has 1 aliphatic heterocycles. The fraction of sp³-hybridized carbons (Fsp3) is 0.476. The van der Waals surface area contributed by atoms with Gasteiger partial charge in [-0.15, -0.1) is 0 Å². The lowest BCUT2D eigenvalue weighted by Crippen LogP contribution is -2.52. The van der Waals surface area contributed by atoms with Gasteiger partial charge in [-0.3, -0.25) is 14.2 Å². The molecule has 0 unspecified atom stereocenters. The molecule has 1 aliphatic rings. The Morgan fingerprint density at radius 3 is 2.38 bits per heavy atom. The molecule has 1 aromatic heterocycles. The van der Waals surface area contributed by atoms with Crippen molar-refractivity contribution in [2.45, 2.75) is 19.0 Å². The summed E-state index contributed by atoms with van der Waals surface area (Å²) in [6.07, 6.45) is 3.70. The molecule has 0 spiro atoms. The highest BCUT2D eigenvalue weighted by Gasteiger charge is 2.24. The fourth-order valence-corrected chi connectivity index (χ4v) is 4.24. The van der Waals surface area contributed by atoms with E-state index in [1.54, 1.807) is 6.20 Å². The number of likely N-dealkylation sites (N-methyl/N-ethyl adjacent to an activating group) is 1. The van der Waals surface area contributed by atoms with Gasteiger partial charge in [-0.05, 0) is 45.1 Å². The van der Waals surface area contributed by atoms with Gasteiger partial charge in [0.05, 0.1) is 18.0 Å². The number of carbonyl (C=O) groups is 2. The molecule has 0 bridgehead atoms. The second-order valence-electron chi connectivity index (χ2n) is 7.59. The summed E-state index contributed by atoms with van der Waals surface area (Å²) in [5.74, 6) is 0.547. The van der Waals surface area contributed by atoms with Crippen molar-refractivity contribution >= 4 is 23.6 Å². The first-order chi connectivity index (χ1) is 13.9. The Bertz CT molecular complexity index is 872. The number of benzene rings is 1. The summed E-state index contributed by atoms with van der Waals surface area (Å²) in [5.41, 5.74) is 3.52. The molecule has 8 heteroatoms. The van der Waals surface area contributed by atoms with Gasteiger partial charge in [-0.2, -0.15) is 0 Å². The lowest BCUT2D eigenvalue weighted by atomic mass is 10.1. The third-order valence-electron chi connectivity index (χ3n) is 5.20. The summed E-state index contributed by atoms with van der Waals surface area (Å²) in [7, 11) is 3.77. The van der Waals surface area contributed by atoms with E-state index < -0.39 is 0 Å². The summed E-state index contributed by atoms with van der Waals surface area (Å²) in [6.45, 7) is 6.97. The summed E-state index contributed by atoms with van der Waals surface area (Å²) < 4.78 is 2.04. The quantitative estimate of drug-likeness (QED) is 0.674. The standard InChI is InChI=1S/C21H29N5O2S/c1-16-6-5-7-18(17(16)2)26-9-8-22-21(26)29-15-20(28)25-12-10-24(11-13-25)19(27)14-23(3)4/h5-9H,10-15H2,1-4H3. The van der Waals surface area contributed by atoms with E-state index >= 15 is 0 Å². The van der Waals surface area contributed by atoms with Crippen LogP contribution in [0.3, 0.4) is 0 Å². The van der Waals surface area contributed by atoms with Gasteiger partial charge in [-0.25, -0.2) is 4.98 Å². The van der Waals surface area contributed by atoms with Crippen LogP contribution in [-0.2, 0) is 9.59 Å². The maximum absolute atomic E-state index is 12.7. The van der Waals surface area contributed by atoms with E-state index in [9.17, 15) is 9.59 Å². The number of aromatic nitrogens is 2. The minimum absolute atomic E-state index is 0.0882. The number of imidazole rings is 1. The number of amides is 2. The normalized spacial score (nSPS) is 14.5. The number of nitrogens with zero attached hydrogens (tertiary/aromatic N) is 5. The third-order valence-corrected chi connectivity index (χ3v) is 6.16. The number of aryl methyl sites for hydroxylation is 1. The van der Waals surface area contributed by atoms with Crippen LogP contribution >= 0.6 is 11.8 Å². The molecular formula is C21H29N5O2S. The van der Waals surface area contributed by atoms with Crippen molar-refractivity contribution in [2.24, 2.45) is 0 Å². The lowest BCUT2D eigenvalue weighted by Gasteiger charge is -2.35. The van der Waals surface area contributed by atoms with Crippen molar-refractivity contribution < 1.29 is 9.59 Å². The number of piperazine rings is 1. The van der Waals surface area contributed by atoms with Crippen molar-refractivity contribution in [3.8, 4) is 5.69 Å². The SMILES string of the molecule is Cc1cccc(-n2ccnc2SCC(=O)N2CCN(C(=O)CN(C)C)CC2)c1C. The fourth-order valence-electron chi connectivity index (χ4n) is 3.37. The Kier molecular flexibility index (Phi) is 6.97. The van der Waals surface area contributed by atoms with Crippen LogP contribution in [0.1, 0.15) is 11.1 Å². The Hall–Kier alpha value is -2.32. The van der Waals surface area contributed by atoms with E-state index in [-0.39, 0.29) is 11.8 Å². The van der Waals surface area contributed by atoms with Crippen molar-refractivity contribution in [1.29, 1.82) is 0 Å². The van der Waals surface area contributed by atoms with Crippen LogP contribution in [0.2, 0.25) is 0 Å². The molecule has 0 N–H and O–H groups in total. The van der Waals surface area contributed by atoms with Gasteiger partial charge in [0.15, 0.2) is 5.16 Å². The van der Waals surface area contributed by atoms with Crippen LogP contribution in [0.15, 0.2) is 35.7 Å². The number of carbonyl (C=O) groups excluding carboxylic acids is 2. The van der Waals surface area contributed by atoms with Gasteiger partial charge in [-0.1, -0.05) is 23.9 Å². The van der Waals surface area contributed by atoms with Crippen LogP contribution < -0.4 is 0 Å². The Labute approximate surface area is 176 Å². The van der Waals surface area contributed by atoms with E-state index in [1.807, 2.05) is 45.6 Å². The van der Waals surface area contributed by atoms with Gasteiger partial charge >= 0.3 is 0 Å². The summed E-state index contributed by atoms with van der Waals surface area (Å²) in [6, 6.07) is 6.20. The molecule has 7 nitrogen and oxygen atoms in total. The molecule has 29 heavy (non-hydrogen) atoms. The second kappa shape index (κ2) is 9.45. The minimum Gasteiger partial charge on any atom is -0.338 e. The van der Waals surface area contributed by atoms with Crippen LogP contribution in [-0.4, -0.2) is 88.6 Å². The highest BCUT2D eigenvalue weighted by atomic mass is 32.2. The topological polar surface area (TPSA) is 61.7 Å². The highest BCUT2D eigenvalue weighted by molar-refractivity contribution is 7.99. The summed E-state index contributed by atoms with van der Waals surface area (Å²) >= 11 is 1.45. The Morgan fingerprint density at radius 1 is 1.07 bits per heavy atom. The van der Waals surface area contributed by atoms with Gasteiger partial charge < -0.3 is 14.7 Å². The average Bonchev–Trinajstić information content (AvgIpc) is 3.16. The minimum atomic E-state index is 0.0882. The molecule has 0 saturated carbocycles. The monoisotopic (exact) mass is 415 g/mol. The first kappa shape index (κ1) is 21.4. The van der Waals surface area contributed by atoms with Crippen LogP contribution in [0.5, 0.6) is 0 Å². The van der Waals surface area contributed by atoms with Crippen LogP contribution in [0.4, 0.5) is 0 Å². The van der Waals surface area contributed by atoms with E-state index in [2.05, 4.69) is 31.0 Å². The molecule has 2 heterocycles. The van der Waals surface area contributed by atoms with Crippen molar-refractivity contribution in [2.75, 3.05) is 52.6 Å². The van der Waals surface area contributed by atoms with Crippen molar-refractivity contribution in [3.63, 3.8) is 0 Å². The number of rotatable bonds is 6. The van der Waals surface area contributed by atoms with Gasteiger partial charge in [0.25, 0.3) is 0 Å². The second-order valence-corrected chi connectivity index (χ2v) is 8.53. The van der Waals surface area contributed by atoms with Crippen molar-refractivity contribution in [3.05, 3.63) is 41.7 Å². The van der Waals surface area contributed by atoms with Gasteiger partial charge in [0.1, 0.15) is 0 Å². The smallest absolute Gasteiger partial charge is 0.236 e. The molecule has 1 fully saturated rings. The molecule has 2 aromatic rings. The Morgan fingerprint density at radius 2 is 1.72 bits per heavy atom. The first-order valence-electron chi connectivity index (χ1n) is 9.80. The first-order valence-corrected chi connectivity index (χ1v) is 10.8. The number of hydrogen-bond donors (Lipinski definition) is 0. The zero-order valence-electron chi connectivity index (χ0n) is 17.6. The number of hydrogen-bond acceptors (Lipinski definition) is 5. The van der Waals surface area contributed by atoms with Crippen LogP contribution in [0, 0.1) is 13.8 Å². The zero-order valence-corrected chi connectivity index (χ0v) is 18.4. The molecule has 0 atom stereocenters. The Balaban J connectivity index is 1.56. The van der Waals surface area contributed by atoms with E-state index in [4.69, 9.17) is 0 Å². The molecule has 0 aliphatic carbocycles. The molecule has 1 saturated heterocycles.